The minimum atomic E-state index is -0.349. The van der Waals surface area contributed by atoms with Gasteiger partial charge in [-0.25, -0.2) is 4.39 Å². The maximum atomic E-state index is 13.2. The first kappa shape index (κ1) is 20.0. The quantitative estimate of drug-likeness (QED) is 0.423. The second-order valence-electron chi connectivity index (χ2n) is 5.80. The molecule has 1 heterocycles. The van der Waals surface area contributed by atoms with Crippen molar-refractivity contribution in [3.63, 3.8) is 0 Å². The molecule has 0 aliphatic carbocycles. The molecular weight excluding hydrogens is 408 g/mol. The van der Waals surface area contributed by atoms with Gasteiger partial charge in [-0.15, -0.1) is 10.2 Å². The average Bonchev–Trinajstić information content (AvgIpc) is 3.06. The van der Waals surface area contributed by atoms with Crippen molar-refractivity contribution in [2.75, 3.05) is 0 Å². The molecule has 0 amide bonds. The van der Waals surface area contributed by atoms with E-state index in [9.17, 15) is 4.39 Å². The molecule has 1 aromatic heterocycles. The minimum Gasteiger partial charge on any atom is -0.481 e. The van der Waals surface area contributed by atoms with Gasteiger partial charge in [-0.3, -0.25) is 0 Å². The highest BCUT2D eigenvalue weighted by Gasteiger charge is 2.19. The Morgan fingerprint density at radius 1 is 1.15 bits per heavy atom. The van der Waals surface area contributed by atoms with Gasteiger partial charge in [0.1, 0.15) is 11.6 Å². The minimum absolute atomic E-state index is 0.318. The van der Waals surface area contributed by atoms with E-state index >= 15 is 0 Å². The van der Waals surface area contributed by atoms with Crippen LogP contribution in [0, 0.1) is 5.82 Å². The molecule has 2 aromatic carbocycles. The van der Waals surface area contributed by atoms with E-state index in [-0.39, 0.29) is 11.9 Å². The van der Waals surface area contributed by atoms with E-state index in [1.54, 1.807) is 12.1 Å². The third kappa shape index (κ3) is 4.75. The van der Waals surface area contributed by atoms with Gasteiger partial charge in [0.15, 0.2) is 17.1 Å². The summed E-state index contributed by atoms with van der Waals surface area (Å²) in [5, 5.41) is 10.3. The van der Waals surface area contributed by atoms with Gasteiger partial charge in [-0.1, -0.05) is 53.2 Å². The molecule has 0 N–H and O–H groups in total. The summed E-state index contributed by atoms with van der Waals surface area (Å²) in [6.45, 7) is 4.62. The first-order valence-electron chi connectivity index (χ1n) is 8.40. The van der Waals surface area contributed by atoms with Crippen LogP contribution >= 0.6 is 35.0 Å². The zero-order valence-corrected chi connectivity index (χ0v) is 17.2. The van der Waals surface area contributed by atoms with Crippen LogP contribution in [0.3, 0.4) is 0 Å². The number of hydrogen-bond acceptors (Lipinski definition) is 4. The zero-order chi connectivity index (χ0) is 19.4. The Balaban J connectivity index is 1.75. The van der Waals surface area contributed by atoms with Crippen LogP contribution < -0.4 is 4.74 Å². The molecular formula is C19H18Cl2FN3OS. The largest absolute Gasteiger partial charge is 0.481 e. The van der Waals surface area contributed by atoms with Gasteiger partial charge >= 0.3 is 0 Å². The smallest absolute Gasteiger partial charge is 0.191 e. The van der Waals surface area contributed by atoms with Crippen molar-refractivity contribution in [3.8, 4) is 5.75 Å². The van der Waals surface area contributed by atoms with Gasteiger partial charge in [0.2, 0.25) is 0 Å². The number of halogens is 3. The number of hydrogen-bond donors (Lipinski definition) is 0. The Morgan fingerprint density at radius 2 is 1.93 bits per heavy atom. The van der Waals surface area contributed by atoms with E-state index in [1.165, 1.54) is 23.9 Å². The van der Waals surface area contributed by atoms with E-state index < -0.39 is 0 Å². The monoisotopic (exact) mass is 425 g/mol. The third-order valence-corrected chi connectivity index (χ3v) is 5.62. The highest BCUT2D eigenvalue weighted by atomic mass is 35.5. The van der Waals surface area contributed by atoms with Crippen molar-refractivity contribution >= 4 is 35.0 Å². The van der Waals surface area contributed by atoms with Crippen molar-refractivity contribution in [1.29, 1.82) is 0 Å². The van der Waals surface area contributed by atoms with Crippen LogP contribution in [0.1, 0.15) is 31.3 Å². The Bertz CT molecular complexity index is 935. The fraction of sp³-hybridized carbons (Fsp3) is 0.263. The second-order valence-corrected chi connectivity index (χ2v) is 7.56. The van der Waals surface area contributed by atoms with Gasteiger partial charge in [0.05, 0.1) is 5.02 Å². The van der Waals surface area contributed by atoms with E-state index in [4.69, 9.17) is 27.9 Å². The molecule has 0 saturated carbocycles. The Labute approximate surface area is 171 Å². The summed E-state index contributed by atoms with van der Waals surface area (Å²) in [4.78, 5) is 0. The van der Waals surface area contributed by atoms with Gasteiger partial charge in [0, 0.05) is 17.3 Å². The summed E-state index contributed by atoms with van der Waals surface area (Å²) in [6, 6.07) is 11.7. The number of aromatic nitrogens is 3. The van der Waals surface area contributed by atoms with E-state index in [0.29, 0.717) is 33.9 Å². The lowest BCUT2D eigenvalue weighted by atomic mass is 10.2. The zero-order valence-electron chi connectivity index (χ0n) is 14.8. The van der Waals surface area contributed by atoms with Crippen molar-refractivity contribution in [3.05, 3.63) is 69.7 Å². The molecule has 4 nitrogen and oxygen atoms in total. The van der Waals surface area contributed by atoms with Gasteiger partial charge in [-0.05, 0) is 43.7 Å². The molecule has 0 aliphatic heterocycles. The molecule has 0 spiro atoms. The van der Waals surface area contributed by atoms with Crippen molar-refractivity contribution in [2.45, 2.75) is 37.4 Å². The maximum absolute atomic E-state index is 13.2. The normalized spacial score (nSPS) is 12.2. The lowest BCUT2D eigenvalue weighted by Crippen LogP contribution is -2.12. The van der Waals surface area contributed by atoms with Crippen molar-refractivity contribution in [2.24, 2.45) is 0 Å². The summed E-state index contributed by atoms with van der Waals surface area (Å²) in [5.41, 5.74) is 0.843. The molecule has 0 bridgehead atoms. The second kappa shape index (κ2) is 8.95. The number of ether oxygens (including phenoxy) is 1. The van der Waals surface area contributed by atoms with Gasteiger partial charge in [-0.2, -0.15) is 0 Å². The summed E-state index contributed by atoms with van der Waals surface area (Å²) < 4.78 is 21.1. The van der Waals surface area contributed by atoms with Crippen LogP contribution in [0.4, 0.5) is 4.39 Å². The fourth-order valence-corrected chi connectivity index (χ4v) is 4.08. The molecule has 3 rings (SSSR count). The summed E-state index contributed by atoms with van der Waals surface area (Å²) in [7, 11) is 0. The Morgan fingerprint density at radius 3 is 2.63 bits per heavy atom. The molecule has 27 heavy (non-hydrogen) atoms. The highest BCUT2D eigenvalue weighted by Crippen LogP contribution is 2.31. The molecule has 1 unspecified atom stereocenters. The maximum Gasteiger partial charge on any atom is 0.191 e. The molecule has 142 valence electrons. The molecule has 0 saturated heterocycles. The third-order valence-electron chi connectivity index (χ3n) is 3.94. The molecule has 0 aliphatic rings. The van der Waals surface area contributed by atoms with E-state index in [1.807, 2.05) is 36.6 Å². The Kier molecular flexibility index (Phi) is 6.63. The standard InChI is InChI=1S/C19H18Cl2FN3OS/c1-3-25-18(12(2)26-17-7-5-4-6-15(17)20)23-24-19(25)27-11-13-8-9-14(22)10-16(13)21/h4-10,12H,3,11H2,1-2H3. The van der Waals surface area contributed by atoms with Crippen LogP contribution in [0.5, 0.6) is 5.75 Å². The van der Waals surface area contributed by atoms with Crippen LogP contribution in [0.25, 0.3) is 0 Å². The van der Waals surface area contributed by atoms with Crippen LogP contribution in [0.2, 0.25) is 10.0 Å². The van der Waals surface area contributed by atoms with Gasteiger partial charge < -0.3 is 9.30 Å². The highest BCUT2D eigenvalue weighted by molar-refractivity contribution is 7.98. The molecule has 8 heteroatoms. The lowest BCUT2D eigenvalue weighted by Gasteiger charge is -2.16. The van der Waals surface area contributed by atoms with Crippen LogP contribution in [-0.4, -0.2) is 14.8 Å². The number of thioether (sulfide) groups is 1. The molecule has 0 fully saturated rings. The number of nitrogens with zero attached hydrogens (tertiary/aromatic N) is 3. The van der Waals surface area contributed by atoms with Crippen molar-refractivity contribution < 1.29 is 9.13 Å². The van der Waals surface area contributed by atoms with Crippen LogP contribution in [0.15, 0.2) is 47.6 Å². The lowest BCUT2D eigenvalue weighted by molar-refractivity contribution is 0.210. The van der Waals surface area contributed by atoms with E-state index in [2.05, 4.69) is 10.2 Å². The van der Waals surface area contributed by atoms with Crippen molar-refractivity contribution in [1.82, 2.24) is 14.8 Å². The SMILES string of the molecule is CCn1c(SCc2ccc(F)cc2Cl)nnc1C(C)Oc1ccccc1Cl. The molecule has 1 atom stereocenters. The molecule has 3 aromatic rings. The Hall–Kier alpha value is -1.76. The summed E-state index contributed by atoms with van der Waals surface area (Å²) in [5.74, 6) is 1.53. The fourth-order valence-electron chi connectivity index (χ4n) is 2.57. The van der Waals surface area contributed by atoms with Crippen LogP contribution in [-0.2, 0) is 12.3 Å². The number of para-hydroxylation sites is 1. The predicted molar refractivity (Wildman–Crippen MR) is 107 cm³/mol. The summed E-state index contributed by atoms with van der Waals surface area (Å²) in [6.07, 6.45) is -0.318. The van der Waals surface area contributed by atoms with E-state index in [0.717, 1.165) is 10.7 Å². The van der Waals surface area contributed by atoms with Gasteiger partial charge in [0.25, 0.3) is 0 Å². The topological polar surface area (TPSA) is 39.9 Å². The number of rotatable bonds is 7. The first-order valence-corrected chi connectivity index (χ1v) is 10.1. The number of benzene rings is 2. The molecule has 0 radical (unpaired) electrons. The first-order chi connectivity index (χ1) is 13.0. The summed E-state index contributed by atoms with van der Waals surface area (Å²) >= 11 is 13.8. The average molecular weight is 426 g/mol. The predicted octanol–water partition coefficient (Wildman–Crippen LogP) is 6.18.